The van der Waals surface area contributed by atoms with Crippen LogP contribution in [0.1, 0.15) is 63.9 Å². The number of ether oxygens (including phenoxy) is 3. The number of aromatic nitrogens is 4. The molecule has 3 unspecified atom stereocenters. The van der Waals surface area contributed by atoms with Gasteiger partial charge in [-0.25, -0.2) is 8.78 Å². The highest BCUT2D eigenvalue weighted by Crippen LogP contribution is 2.45. The van der Waals surface area contributed by atoms with Crippen molar-refractivity contribution < 1.29 is 41.0 Å². The summed E-state index contributed by atoms with van der Waals surface area (Å²) >= 11 is 9.72. The number of carbonyl (C=O) groups excluding carboxylic acids is 1. The average Bonchev–Trinajstić information content (AvgIpc) is 3.71. The third kappa shape index (κ3) is 6.98. The number of hydrogen-bond donors (Lipinski definition) is 0. The van der Waals surface area contributed by atoms with E-state index in [0.717, 1.165) is 25.1 Å². The summed E-state index contributed by atoms with van der Waals surface area (Å²) in [7, 11) is 4.61. The minimum atomic E-state index is -4.80. The fraction of sp³-hybridized carbons (Fsp3) is 0.588. The first-order chi connectivity index (χ1) is 24.7. The standard InChI is InChI=1S/C27H26BrClF4N6O4.C7H12FN/c1-37(2)24(40)22-20(29)17-7-38(9-26(11-42-12-26)10-39(17)36-22)23-13-8-43-18(6-16(13)34-25(35-23)41-3)19-14(27(31,32)33)4-5-15(28)21(19)30;8-6-4-7-2-1-3-9(7)5-6/h4-5,18H,6-12H2,1-3H3;6-7H,1-5H2. The lowest BCUT2D eigenvalue weighted by molar-refractivity contribution is -0.140. The second-order valence-corrected chi connectivity index (χ2v) is 15.5. The quantitative estimate of drug-likeness (QED) is 0.294. The molecule has 3 fully saturated rings. The Bertz CT molecular complexity index is 1850. The Morgan fingerprint density at radius 2 is 1.96 bits per heavy atom. The normalized spacial score (nSPS) is 23.6. The van der Waals surface area contributed by atoms with Gasteiger partial charge in [-0.3, -0.25) is 14.4 Å². The van der Waals surface area contributed by atoms with E-state index in [1.807, 2.05) is 4.90 Å². The molecule has 52 heavy (non-hydrogen) atoms. The molecular weight excluding hydrogens is 781 g/mol. The molecule has 3 saturated heterocycles. The SMILES string of the molecule is COc1nc2c(c(N3Cc4c(Cl)c(C(=O)N(C)C)nn4CC4(COC4)C3)n1)COC(c1c(C(F)(F)F)ccc(Br)c1F)C2.FC1CC2CCCN2C1. The molecule has 0 aliphatic carbocycles. The van der Waals surface area contributed by atoms with Crippen molar-refractivity contribution in [2.24, 2.45) is 5.41 Å². The summed E-state index contributed by atoms with van der Waals surface area (Å²) in [5.74, 6) is -0.951. The van der Waals surface area contributed by atoms with Crippen LogP contribution in [0.4, 0.5) is 27.8 Å². The van der Waals surface area contributed by atoms with Gasteiger partial charge in [0.2, 0.25) is 0 Å². The van der Waals surface area contributed by atoms with Crippen molar-refractivity contribution in [1.29, 1.82) is 0 Å². The fourth-order valence-corrected chi connectivity index (χ4v) is 8.38. The summed E-state index contributed by atoms with van der Waals surface area (Å²) < 4.78 is 88.0. The molecule has 11 nitrogen and oxygen atoms in total. The largest absolute Gasteiger partial charge is 0.467 e. The monoisotopic (exact) mass is 817 g/mol. The topological polar surface area (TPSA) is 98.1 Å². The van der Waals surface area contributed by atoms with Crippen LogP contribution in [0.15, 0.2) is 16.6 Å². The van der Waals surface area contributed by atoms with Crippen molar-refractivity contribution >= 4 is 39.3 Å². The maximum atomic E-state index is 15.2. The van der Waals surface area contributed by atoms with E-state index in [0.29, 0.717) is 61.7 Å². The summed E-state index contributed by atoms with van der Waals surface area (Å²) in [4.78, 5) is 27.5. The van der Waals surface area contributed by atoms with Crippen molar-refractivity contribution in [1.82, 2.24) is 29.5 Å². The van der Waals surface area contributed by atoms with Gasteiger partial charge in [0.15, 0.2) is 5.69 Å². The van der Waals surface area contributed by atoms with E-state index >= 15 is 4.39 Å². The van der Waals surface area contributed by atoms with Gasteiger partial charge in [0, 0.05) is 50.8 Å². The molecular formula is C34H38BrClF5N7O4. The molecule has 18 heteroatoms. The van der Waals surface area contributed by atoms with Gasteiger partial charge in [0.1, 0.15) is 17.8 Å². The molecule has 1 amide bonds. The van der Waals surface area contributed by atoms with Crippen LogP contribution < -0.4 is 9.64 Å². The fourth-order valence-electron chi connectivity index (χ4n) is 7.76. The van der Waals surface area contributed by atoms with Crippen LogP contribution in [0.2, 0.25) is 5.02 Å². The number of amides is 1. The second kappa shape index (κ2) is 14.3. The van der Waals surface area contributed by atoms with Gasteiger partial charge < -0.3 is 24.0 Å². The average molecular weight is 819 g/mol. The molecule has 5 aliphatic rings. The van der Waals surface area contributed by atoms with Crippen molar-refractivity contribution in [2.75, 3.05) is 59.0 Å². The third-order valence-corrected chi connectivity index (χ3v) is 11.3. The van der Waals surface area contributed by atoms with E-state index in [-0.39, 0.29) is 52.1 Å². The van der Waals surface area contributed by atoms with Crippen LogP contribution in [-0.2, 0) is 41.8 Å². The zero-order valence-corrected chi connectivity index (χ0v) is 31.1. The zero-order chi connectivity index (χ0) is 37.1. The molecule has 2 aromatic heterocycles. The molecule has 3 atom stereocenters. The molecule has 7 heterocycles. The Hall–Kier alpha value is -3.12. The predicted octanol–water partition coefficient (Wildman–Crippen LogP) is 6.00. The molecule has 0 bridgehead atoms. The van der Waals surface area contributed by atoms with E-state index in [1.165, 1.54) is 24.9 Å². The van der Waals surface area contributed by atoms with Crippen LogP contribution in [0.25, 0.3) is 0 Å². The first kappa shape index (κ1) is 37.2. The lowest BCUT2D eigenvalue weighted by Gasteiger charge is -2.43. The van der Waals surface area contributed by atoms with Crippen LogP contribution in [0, 0.1) is 11.2 Å². The van der Waals surface area contributed by atoms with Crippen molar-refractivity contribution in [3.63, 3.8) is 0 Å². The number of halogens is 7. The number of rotatable bonds is 4. The third-order valence-electron chi connectivity index (χ3n) is 10.3. The van der Waals surface area contributed by atoms with Gasteiger partial charge in [-0.1, -0.05) is 11.6 Å². The maximum absolute atomic E-state index is 15.2. The number of carbonyl (C=O) groups is 1. The van der Waals surface area contributed by atoms with Gasteiger partial charge in [-0.15, -0.1) is 0 Å². The molecule has 0 saturated carbocycles. The lowest BCUT2D eigenvalue weighted by Crippen LogP contribution is -2.52. The Labute approximate surface area is 310 Å². The van der Waals surface area contributed by atoms with E-state index < -0.39 is 35.4 Å². The zero-order valence-electron chi connectivity index (χ0n) is 28.8. The Morgan fingerprint density at radius 3 is 2.62 bits per heavy atom. The molecule has 1 spiro atoms. The van der Waals surface area contributed by atoms with Gasteiger partial charge in [-0.05, 0) is 53.9 Å². The molecule has 8 rings (SSSR count). The molecule has 5 aliphatic heterocycles. The Morgan fingerprint density at radius 1 is 1.19 bits per heavy atom. The number of alkyl halides is 4. The highest BCUT2D eigenvalue weighted by Gasteiger charge is 2.46. The number of anilines is 1. The van der Waals surface area contributed by atoms with Crippen LogP contribution in [0.3, 0.4) is 0 Å². The first-order valence-electron chi connectivity index (χ1n) is 17.0. The predicted molar refractivity (Wildman–Crippen MR) is 183 cm³/mol. The minimum Gasteiger partial charge on any atom is -0.467 e. The first-order valence-corrected chi connectivity index (χ1v) is 18.1. The lowest BCUT2D eigenvalue weighted by atomic mass is 9.85. The number of nitrogens with zero attached hydrogens (tertiary/aromatic N) is 7. The summed E-state index contributed by atoms with van der Waals surface area (Å²) in [6.07, 6.45) is -3.40. The van der Waals surface area contributed by atoms with Gasteiger partial charge in [-0.2, -0.15) is 28.2 Å². The number of methoxy groups -OCH3 is 1. The van der Waals surface area contributed by atoms with Crippen molar-refractivity contribution in [2.45, 2.75) is 69.9 Å². The number of benzene rings is 1. The molecule has 0 radical (unpaired) electrons. The highest BCUT2D eigenvalue weighted by atomic mass is 79.9. The van der Waals surface area contributed by atoms with Crippen molar-refractivity contribution in [3.05, 3.63) is 61.2 Å². The Balaban J connectivity index is 0.000000404. The van der Waals surface area contributed by atoms with E-state index in [1.54, 1.807) is 18.8 Å². The van der Waals surface area contributed by atoms with E-state index in [9.17, 15) is 22.4 Å². The Kier molecular flexibility index (Phi) is 10.2. The number of hydrogen-bond acceptors (Lipinski definition) is 9. The maximum Gasteiger partial charge on any atom is 0.416 e. The van der Waals surface area contributed by atoms with Crippen LogP contribution >= 0.6 is 27.5 Å². The molecule has 1 aromatic carbocycles. The van der Waals surface area contributed by atoms with Gasteiger partial charge in [0.05, 0.1) is 78.0 Å². The summed E-state index contributed by atoms with van der Waals surface area (Å²) in [5, 5.41) is 4.76. The van der Waals surface area contributed by atoms with Gasteiger partial charge >= 0.3 is 12.2 Å². The molecule has 3 aromatic rings. The number of fused-ring (bicyclic) bond motifs is 3. The van der Waals surface area contributed by atoms with Crippen LogP contribution in [-0.4, -0.2) is 102 Å². The minimum absolute atomic E-state index is 0.00797. The molecule has 282 valence electrons. The summed E-state index contributed by atoms with van der Waals surface area (Å²) in [6, 6.07) is 2.45. The van der Waals surface area contributed by atoms with E-state index in [2.05, 4.69) is 35.9 Å². The summed E-state index contributed by atoms with van der Waals surface area (Å²) in [5.41, 5.74) is -0.453. The molecule has 0 N–H and O–H groups in total. The highest BCUT2D eigenvalue weighted by molar-refractivity contribution is 9.10. The summed E-state index contributed by atoms with van der Waals surface area (Å²) in [6.45, 7) is 3.67. The van der Waals surface area contributed by atoms with Crippen molar-refractivity contribution in [3.8, 4) is 6.01 Å². The van der Waals surface area contributed by atoms with Gasteiger partial charge in [0.25, 0.3) is 5.91 Å². The van der Waals surface area contributed by atoms with E-state index in [4.69, 9.17) is 25.8 Å². The smallest absolute Gasteiger partial charge is 0.416 e. The van der Waals surface area contributed by atoms with Crippen LogP contribution in [0.5, 0.6) is 6.01 Å². The second-order valence-electron chi connectivity index (χ2n) is 14.2.